The fourth-order valence-electron chi connectivity index (χ4n) is 5.71. The third kappa shape index (κ3) is 4.80. The van der Waals surface area contributed by atoms with E-state index < -0.39 is 27.8 Å². The SMILES string of the molecule is COC1CC(CN2CC[C@]3(C2)SN(C)C(=N)N[C@]3(C)c2cc(NC(=O)c3ccc(F)cn3)ccc2F)C1. The number of nitrogens with one attached hydrogen (secondary N) is 3. The lowest BCUT2D eigenvalue weighted by Crippen LogP contribution is -2.66. The molecule has 2 atom stereocenters. The number of carbonyl (C=O) groups excluding carboxylic acids is 1. The first kappa shape index (κ1) is 25.9. The number of pyridine rings is 1. The van der Waals surface area contributed by atoms with Crippen molar-refractivity contribution in [3.8, 4) is 0 Å². The highest BCUT2D eigenvalue weighted by molar-refractivity contribution is 7.99. The van der Waals surface area contributed by atoms with E-state index in [0.29, 0.717) is 23.3 Å². The molecule has 0 bridgehead atoms. The van der Waals surface area contributed by atoms with Crippen LogP contribution in [0, 0.1) is 23.0 Å². The Hall–Kier alpha value is -2.76. The highest BCUT2D eigenvalue weighted by Crippen LogP contribution is 2.53. The van der Waals surface area contributed by atoms with Crippen molar-refractivity contribution in [3.63, 3.8) is 0 Å². The lowest BCUT2D eigenvalue weighted by Gasteiger charge is -2.53. The molecule has 3 fully saturated rings. The molecule has 0 unspecified atom stereocenters. The lowest BCUT2D eigenvalue weighted by molar-refractivity contribution is -0.00908. The molecular weight excluding hydrogens is 498 g/mol. The number of guanidine groups is 1. The molecule has 11 heteroatoms. The van der Waals surface area contributed by atoms with E-state index >= 15 is 4.39 Å². The summed E-state index contributed by atoms with van der Waals surface area (Å²) in [5.41, 5.74) is -0.0736. The molecule has 2 aromatic rings. The Labute approximate surface area is 219 Å². The van der Waals surface area contributed by atoms with Crippen LogP contribution in [0.15, 0.2) is 36.5 Å². The number of halogens is 2. The van der Waals surface area contributed by atoms with Crippen molar-refractivity contribution in [2.24, 2.45) is 5.92 Å². The molecule has 1 aromatic heterocycles. The van der Waals surface area contributed by atoms with Gasteiger partial charge in [-0.2, -0.15) is 0 Å². The summed E-state index contributed by atoms with van der Waals surface area (Å²) in [6, 6.07) is 6.92. The minimum absolute atomic E-state index is 0.0582. The first-order chi connectivity index (χ1) is 17.6. The molecule has 37 heavy (non-hydrogen) atoms. The number of hydrogen-bond donors (Lipinski definition) is 3. The van der Waals surface area contributed by atoms with Gasteiger partial charge in [-0.1, -0.05) is 0 Å². The lowest BCUT2D eigenvalue weighted by atomic mass is 9.77. The zero-order valence-corrected chi connectivity index (χ0v) is 22.0. The van der Waals surface area contributed by atoms with Crippen LogP contribution < -0.4 is 10.6 Å². The second kappa shape index (κ2) is 9.85. The highest BCUT2D eigenvalue weighted by atomic mass is 32.2. The zero-order chi connectivity index (χ0) is 26.4. The van der Waals surface area contributed by atoms with Gasteiger partial charge in [-0.3, -0.25) is 14.5 Å². The Balaban J connectivity index is 1.41. The smallest absolute Gasteiger partial charge is 0.274 e. The maximum absolute atomic E-state index is 15.5. The molecule has 1 saturated carbocycles. The minimum atomic E-state index is -0.913. The summed E-state index contributed by atoms with van der Waals surface area (Å²) < 4.78 is 35.5. The molecule has 3 aliphatic rings. The van der Waals surface area contributed by atoms with Gasteiger partial charge in [0.2, 0.25) is 5.96 Å². The van der Waals surface area contributed by atoms with Crippen LogP contribution >= 0.6 is 11.9 Å². The molecule has 198 valence electrons. The van der Waals surface area contributed by atoms with Crippen LogP contribution in [0.1, 0.15) is 42.2 Å². The van der Waals surface area contributed by atoms with Crippen molar-refractivity contribution in [3.05, 3.63) is 59.4 Å². The molecule has 2 aliphatic heterocycles. The molecule has 1 amide bonds. The fourth-order valence-corrected chi connectivity index (χ4v) is 7.14. The van der Waals surface area contributed by atoms with E-state index in [1.54, 1.807) is 29.4 Å². The monoisotopic (exact) mass is 530 g/mol. The van der Waals surface area contributed by atoms with E-state index in [0.717, 1.165) is 45.1 Å². The van der Waals surface area contributed by atoms with Gasteiger partial charge in [-0.15, -0.1) is 0 Å². The number of aromatic nitrogens is 1. The minimum Gasteiger partial charge on any atom is -0.381 e. The standard InChI is InChI=1S/C26H32F2N6O2S/c1-25(20-12-18(5-6-21(20)28)31-23(35)22-7-4-17(27)13-30-22)26(37-33(2)24(29)32-25)8-9-34(15-26)14-16-10-19(11-16)36-3/h4-7,12-13,16,19H,8-11,14-15H2,1-3H3,(H2,29,32)(H,31,35)/t16?,19?,25-,26-/m1/s1. The predicted octanol–water partition coefficient (Wildman–Crippen LogP) is 3.81. The summed E-state index contributed by atoms with van der Waals surface area (Å²) in [7, 11) is 3.61. The summed E-state index contributed by atoms with van der Waals surface area (Å²) in [5, 5.41) is 14.5. The normalized spacial score (nSPS) is 29.8. The van der Waals surface area contributed by atoms with Gasteiger partial charge in [0.05, 0.1) is 22.6 Å². The maximum atomic E-state index is 15.5. The Morgan fingerprint density at radius 2 is 2.11 bits per heavy atom. The Morgan fingerprint density at radius 3 is 2.81 bits per heavy atom. The molecule has 8 nitrogen and oxygen atoms in total. The van der Waals surface area contributed by atoms with Crippen molar-refractivity contribution in [1.29, 1.82) is 5.41 Å². The Morgan fingerprint density at radius 1 is 1.32 bits per heavy atom. The van der Waals surface area contributed by atoms with Crippen molar-refractivity contribution >= 4 is 29.5 Å². The van der Waals surface area contributed by atoms with Gasteiger partial charge in [0.25, 0.3) is 5.91 Å². The van der Waals surface area contributed by atoms with Gasteiger partial charge in [-0.25, -0.2) is 13.8 Å². The second-order valence-electron chi connectivity index (χ2n) is 10.4. The van der Waals surface area contributed by atoms with E-state index in [1.807, 2.05) is 14.0 Å². The number of rotatable bonds is 6. The van der Waals surface area contributed by atoms with Gasteiger partial charge >= 0.3 is 0 Å². The van der Waals surface area contributed by atoms with Crippen LogP contribution in [0.2, 0.25) is 0 Å². The number of methoxy groups -OCH3 is 1. The number of ether oxygens (including phenoxy) is 1. The van der Waals surface area contributed by atoms with Gasteiger partial charge in [0, 0.05) is 38.5 Å². The first-order valence-corrected chi connectivity index (χ1v) is 13.2. The maximum Gasteiger partial charge on any atom is 0.274 e. The predicted molar refractivity (Wildman–Crippen MR) is 139 cm³/mol. The Bertz CT molecular complexity index is 1190. The molecule has 0 radical (unpaired) electrons. The highest BCUT2D eigenvalue weighted by Gasteiger charge is 2.59. The average molecular weight is 531 g/mol. The number of benzene rings is 1. The Kier molecular flexibility index (Phi) is 6.88. The van der Waals surface area contributed by atoms with Crippen LogP contribution in [0.5, 0.6) is 0 Å². The number of hydrogen-bond acceptors (Lipinski definition) is 6. The summed E-state index contributed by atoms with van der Waals surface area (Å²) in [6.45, 7) is 4.54. The summed E-state index contributed by atoms with van der Waals surface area (Å²) in [6.07, 6.45) is 4.26. The molecule has 1 aromatic carbocycles. The summed E-state index contributed by atoms with van der Waals surface area (Å²) in [5.74, 6) is -0.668. The second-order valence-corrected chi connectivity index (χ2v) is 11.9. The molecule has 5 rings (SSSR count). The van der Waals surface area contributed by atoms with Gasteiger partial charge in [0.15, 0.2) is 0 Å². The van der Waals surface area contributed by atoms with E-state index in [2.05, 4.69) is 20.5 Å². The third-order valence-corrected chi connectivity index (χ3v) is 9.53. The molecule has 1 spiro atoms. The van der Waals surface area contributed by atoms with Gasteiger partial charge in [0.1, 0.15) is 17.3 Å². The van der Waals surface area contributed by atoms with E-state index in [4.69, 9.17) is 10.1 Å². The number of anilines is 1. The van der Waals surface area contributed by atoms with Crippen LogP contribution in [0.4, 0.5) is 14.5 Å². The number of likely N-dealkylation sites (tertiary alicyclic amines) is 1. The van der Waals surface area contributed by atoms with E-state index in [9.17, 15) is 9.18 Å². The molecule has 1 aliphatic carbocycles. The number of carbonyl (C=O) groups is 1. The zero-order valence-electron chi connectivity index (χ0n) is 21.2. The molecule has 3 heterocycles. The first-order valence-electron chi connectivity index (χ1n) is 12.4. The third-order valence-electron chi connectivity index (χ3n) is 7.98. The molecular formula is C26H32F2N6O2S. The van der Waals surface area contributed by atoms with Crippen molar-refractivity contribution in [2.45, 2.75) is 42.6 Å². The van der Waals surface area contributed by atoms with E-state index in [-0.39, 0.29) is 11.7 Å². The van der Waals surface area contributed by atoms with Crippen molar-refractivity contribution in [2.75, 3.05) is 39.1 Å². The van der Waals surface area contributed by atoms with Crippen molar-refractivity contribution < 1.29 is 18.3 Å². The van der Waals surface area contributed by atoms with Crippen LogP contribution in [0.25, 0.3) is 0 Å². The van der Waals surface area contributed by atoms with E-state index in [1.165, 1.54) is 24.3 Å². The molecule has 2 saturated heterocycles. The van der Waals surface area contributed by atoms with Crippen molar-refractivity contribution in [1.82, 2.24) is 19.5 Å². The summed E-state index contributed by atoms with van der Waals surface area (Å²) in [4.78, 5) is 18.9. The summed E-state index contributed by atoms with van der Waals surface area (Å²) >= 11 is 1.57. The van der Waals surface area contributed by atoms with Gasteiger partial charge < -0.3 is 20.3 Å². The fraction of sp³-hybridized carbons (Fsp3) is 0.500. The van der Waals surface area contributed by atoms with Crippen LogP contribution in [-0.4, -0.2) is 70.7 Å². The van der Waals surface area contributed by atoms with Crippen LogP contribution in [-0.2, 0) is 10.3 Å². The molecule has 3 N–H and O–H groups in total. The number of nitrogens with zero attached hydrogens (tertiary/aromatic N) is 3. The quantitative estimate of drug-likeness (QED) is 0.489. The van der Waals surface area contributed by atoms with Crippen LogP contribution in [0.3, 0.4) is 0 Å². The average Bonchev–Trinajstić information content (AvgIpc) is 3.25. The number of amides is 1. The van der Waals surface area contributed by atoms with Gasteiger partial charge in [-0.05, 0) is 80.9 Å². The largest absolute Gasteiger partial charge is 0.381 e. The topological polar surface area (TPSA) is 93.6 Å².